The maximum absolute atomic E-state index is 12.7. The molecule has 0 aliphatic carbocycles. The number of unbranched alkanes of at least 4 members (excludes halogenated alkanes) is 23. The zero-order valence-electron chi connectivity index (χ0n) is 31.6. The SMILES string of the molecule is CCCCCCCCCC/C=C/CCCCC(=O)Oc1nc2ccccc2nc1OP(O)(=S)OCCCCCCCCCCCCCCCC. The van der Waals surface area contributed by atoms with Crippen LogP contribution < -0.4 is 9.26 Å². The van der Waals surface area contributed by atoms with Crippen molar-refractivity contribution in [3.05, 3.63) is 36.4 Å². The summed E-state index contributed by atoms with van der Waals surface area (Å²) in [5.41, 5.74) is 1.10. The van der Waals surface area contributed by atoms with Crippen molar-refractivity contribution in [1.29, 1.82) is 0 Å². The summed E-state index contributed by atoms with van der Waals surface area (Å²) in [4.78, 5) is 32.5. The Kier molecular flexibility index (Phi) is 26.3. The molecule has 0 radical (unpaired) electrons. The number of rotatable bonds is 33. The van der Waals surface area contributed by atoms with Crippen molar-refractivity contribution in [3.8, 4) is 11.8 Å². The molecule has 0 saturated carbocycles. The summed E-state index contributed by atoms with van der Waals surface area (Å²) in [6.07, 6.45) is 36.8. The third-order valence-electron chi connectivity index (χ3n) is 9.07. The second-order valence-electron chi connectivity index (χ2n) is 13.8. The van der Waals surface area contributed by atoms with Gasteiger partial charge in [0.15, 0.2) is 0 Å². The zero-order valence-corrected chi connectivity index (χ0v) is 33.3. The first kappa shape index (κ1) is 44.3. The highest BCUT2D eigenvalue weighted by Crippen LogP contribution is 2.46. The summed E-state index contributed by atoms with van der Waals surface area (Å²) < 4.78 is 16.9. The van der Waals surface area contributed by atoms with E-state index < -0.39 is 12.7 Å². The van der Waals surface area contributed by atoms with Gasteiger partial charge in [-0.25, -0.2) is 9.97 Å². The first-order valence-corrected chi connectivity index (χ1v) is 22.8. The predicted octanol–water partition coefficient (Wildman–Crippen LogP) is 13.3. The second-order valence-corrected chi connectivity index (χ2v) is 16.5. The molecule has 7 nitrogen and oxygen atoms in total. The van der Waals surface area contributed by atoms with Crippen LogP contribution in [0.3, 0.4) is 0 Å². The van der Waals surface area contributed by atoms with Crippen molar-refractivity contribution in [2.24, 2.45) is 0 Å². The Bertz CT molecular complexity index is 1230. The summed E-state index contributed by atoms with van der Waals surface area (Å²) in [6.45, 7) is 1.15. The molecule has 0 bridgehead atoms. The molecule has 1 unspecified atom stereocenters. The Morgan fingerprint density at radius 2 is 1.06 bits per heavy atom. The van der Waals surface area contributed by atoms with Gasteiger partial charge in [0.05, 0.1) is 17.6 Å². The normalized spacial score (nSPS) is 12.9. The van der Waals surface area contributed by atoms with E-state index in [-0.39, 0.29) is 18.2 Å². The van der Waals surface area contributed by atoms with Gasteiger partial charge in [-0.3, -0.25) is 9.32 Å². The van der Waals surface area contributed by atoms with E-state index in [4.69, 9.17) is 25.6 Å². The molecule has 1 atom stereocenters. The van der Waals surface area contributed by atoms with Gasteiger partial charge >= 0.3 is 12.7 Å². The molecule has 2 aromatic rings. The maximum Gasteiger partial charge on any atom is 0.379 e. The number of hydrogen-bond acceptors (Lipinski definition) is 7. The second kappa shape index (κ2) is 29.7. The lowest BCUT2D eigenvalue weighted by molar-refractivity contribution is -0.134. The van der Waals surface area contributed by atoms with E-state index in [1.807, 2.05) is 12.1 Å². The highest BCUT2D eigenvalue weighted by molar-refractivity contribution is 8.07. The first-order valence-electron chi connectivity index (χ1n) is 20.2. The van der Waals surface area contributed by atoms with Gasteiger partial charge in [-0.1, -0.05) is 167 Å². The minimum absolute atomic E-state index is 0.0951. The van der Waals surface area contributed by atoms with E-state index >= 15 is 0 Å². The van der Waals surface area contributed by atoms with Gasteiger partial charge in [0.2, 0.25) is 0 Å². The zero-order chi connectivity index (χ0) is 36.0. The van der Waals surface area contributed by atoms with Gasteiger partial charge in [0.25, 0.3) is 11.8 Å². The monoisotopic (exact) mass is 732 g/mol. The molecule has 0 fully saturated rings. The largest absolute Gasteiger partial charge is 0.402 e. The van der Waals surface area contributed by atoms with Crippen LogP contribution in [-0.4, -0.2) is 27.4 Å². The van der Waals surface area contributed by atoms with Crippen molar-refractivity contribution in [2.75, 3.05) is 6.61 Å². The lowest BCUT2D eigenvalue weighted by Crippen LogP contribution is -2.11. The predicted molar refractivity (Wildman–Crippen MR) is 213 cm³/mol. The molecular formula is C41H69N2O5PS. The summed E-state index contributed by atoms with van der Waals surface area (Å²) >= 11 is 5.30. The number of ether oxygens (including phenoxy) is 1. The highest BCUT2D eigenvalue weighted by Gasteiger charge is 2.24. The van der Waals surface area contributed by atoms with Crippen LogP contribution in [0.25, 0.3) is 11.0 Å². The average molecular weight is 733 g/mol. The number of carbonyl (C=O) groups is 1. The molecule has 284 valence electrons. The topological polar surface area (TPSA) is 90.8 Å². The van der Waals surface area contributed by atoms with Crippen molar-refractivity contribution in [1.82, 2.24) is 9.97 Å². The smallest absolute Gasteiger partial charge is 0.379 e. The van der Waals surface area contributed by atoms with E-state index in [0.717, 1.165) is 38.5 Å². The number of fused-ring (bicyclic) bond motifs is 1. The van der Waals surface area contributed by atoms with Crippen LogP contribution in [0.2, 0.25) is 0 Å². The van der Waals surface area contributed by atoms with E-state index in [9.17, 15) is 9.69 Å². The Hall–Kier alpha value is -1.86. The quantitative estimate of drug-likeness (QED) is 0.0336. The fourth-order valence-electron chi connectivity index (χ4n) is 6.03. The lowest BCUT2D eigenvalue weighted by atomic mass is 10.0. The van der Waals surface area contributed by atoms with Crippen LogP contribution in [0.1, 0.15) is 187 Å². The van der Waals surface area contributed by atoms with E-state index in [1.54, 1.807) is 12.1 Å². The van der Waals surface area contributed by atoms with E-state index in [2.05, 4.69) is 36.0 Å². The van der Waals surface area contributed by atoms with Gasteiger partial charge < -0.3 is 14.2 Å². The number of esters is 1. The number of para-hydroxylation sites is 2. The minimum atomic E-state index is -3.67. The molecule has 50 heavy (non-hydrogen) atoms. The van der Waals surface area contributed by atoms with E-state index in [0.29, 0.717) is 24.1 Å². The highest BCUT2D eigenvalue weighted by atomic mass is 32.5. The van der Waals surface area contributed by atoms with Crippen molar-refractivity contribution in [3.63, 3.8) is 0 Å². The van der Waals surface area contributed by atoms with Crippen molar-refractivity contribution >= 4 is 35.5 Å². The third kappa shape index (κ3) is 22.9. The Labute approximate surface area is 310 Å². The summed E-state index contributed by atoms with van der Waals surface area (Å²) in [7, 11) is 0. The molecule has 2 rings (SSSR count). The number of benzene rings is 1. The van der Waals surface area contributed by atoms with E-state index in [1.165, 1.54) is 122 Å². The molecule has 0 aliphatic heterocycles. The van der Waals surface area contributed by atoms with Gasteiger partial charge in [-0.05, 0) is 50.7 Å². The fourth-order valence-corrected chi connectivity index (χ4v) is 7.21. The van der Waals surface area contributed by atoms with Gasteiger partial charge in [0.1, 0.15) is 0 Å². The Morgan fingerprint density at radius 3 is 1.56 bits per heavy atom. The molecule has 1 aromatic carbocycles. The molecule has 1 heterocycles. The van der Waals surface area contributed by atoms with Gasteiger partial charge in [-0.15, -0.1) is 0 Å². The van der Waals surface area contributed by atoms with Gasteiger partial charge in [0, 0.05) is 18.2 Å². The molecule has 0 amide bonds. The van der Waals surface area contributed by atoms with Crippen LogP contribution in [0.15, 0.2) is 36.4 Å². The third-order valence-corrected chi connectivity index (χ3v) is 10.5. The van der Waals surface area contributed by atoms with Crippen LogP contribution in [0.4, 0.5) is 0 Å². The van der Waals surface area contributed by atoms with Crippen LogP contribution in [0, 0.1) is 0 Å². The summed E-state index contributed by atoms with van der Waals surface area (Å²) in [5.74, 6) is -0.632. The van der Waals surface area contributed by atoms with Crippen LogP contribution >= 0.6 is 6.72 Å². The Balaban J connectivity index is 1.65. The van der Waals surface area contributed by atoms with Gasteiger partial charge in [-0.2, -0.15) is 0 Å². The molecule has 1 N–H and O–H groups in total. The van der Waals surface area contributed by atoms with Crippen molar-refractivity contribution < 1.29 is 23.5 Å². The number of carbonyl (C=O) groups excluding carboxylic acids is 1. The van der Waals surface area contributed by atoms with Crippen LogP contribution in [-0.2, 0) is 21.1 Å². The van der Waals surface area contributed by atoms with Crippen molar-refractivity contribution in [2.45, 2.75) is 187 Å². The molecule has 0 spiro atoms. The summed E-state index contributed by atoms with van der Waals surface area (Å²) in [5, 5.41) is 0. The average Bonchev–Trinajstić information content (AvgIpc) is 3.10. The standard InChI is InChI=1S/C41H69N2O5PS/c1-3-5-7-9-11-13-15-17-19-21-23-25-27-29-35-39(44)47-40-41(43-38-34-31-30-33-37(38)42-40)48-49(45,50)46-36-32-28-26-24-22-20-18-16-14-12-10-8-6-4-2/h21,23,30-31,33-34H,3-20,22,24-29,32,35-36H2,1-2H3,(H,45,50)/b23-21+. The maximum atomic E-state index is 12.7. The Morgan fingerprint density at radius 1 is 0.640 bits per heavy atom. The molecule has 0 saturated heterocycles. The first-order chi connectivity index (χ1) is 24.4. The molecule has 1 aromatic heterocycles. The summed E-state index contributed by atoms with van der Waals surface area (Å²) in [6, 6.07) is 7.23. The lowest BCUT2D eigenvalue weighted by Gasteiger charge is -2.17. The molecule has 9 heteroatoms. The molecular weight excluding hydrogens is 664 g/mol. The van der Waals surface area contributed by atoms with Crippen LogP contribution in [0.5, 0.6) is 11.8 Å². The molecule has 0 aliphatic rings. The number of nitrogens with zero attached hydrogens (tertiary/aromatic N) is 2. The minimum Gasteiger partial charge on any atom is -0.402 e. The fraction of sp³-hybridized carbons (Fsp3) is 0.732. The number of aromatic nitrogens is 2. The number of hydrogen-bond donors (Lipinski definition) is 1. The number of allylic oxidation sites excluding steroid dienone is 2.